The molecule has 7 nitrogen and oxygen atoms in total. The quantitative estimate of drug-likeness (QED) is 0.340. The summed E-state index contributed by atoms with van der Waals surface area (Å²) in [7, 11) is 0. The number of amides is 1. The van der Waals surface area contributed by atoms with Crippen LogP contribution in [0.3, 0.4) is 0 Å². The summed E-state index contributed by atoms with van der Waals surface area (Å²) in [6, 6.07) is 20.1. The highest BCUT2D eigenvalue weighted by Gasteiger charge is 2.34. The Hall–Kier alpha value is -3.68. The molecule has 0 aliphatic carbocycles. The highest BCUT2D eigenvalue weighted by molar-refractivity contribution is 5.86. The number of nitrogens with zero attached hydrogens (tertiary/aromatic N) is 3. The second kappa shape index (κ2) is 10.8. The predicted octanol–water partition coefficient (Wildman–Crippen LogP) is 4.71. The van der Waals surface area contributed by atoms with Crippen LogP contribution in [0.5, 0.6) is 5.75 Å². The van der Waals surface area contributed by atoms with Crippen LogP contribution in [0.15, 0.2) is 73.1 Å². The topological polar surface area (TPSA) is 92.7 Å². The van der Waals surface area contributed by atoms with Crippen molar-refractivity contribution < 1.29 is 15.0 Å². The largest absolute Gasteiger partial charge is 0.507 e. The minimum absolute atomic E-state index is 0.147. The maximum atomic E-state index is 13.1. The van der Waals surface area contributed by atoms with E-state index in [2.05, 4.69) is 27.0 Å². The van der Waals surface area contributed by atoms with Crippen LogP contribution in [-0.2, 0) is 11.2 Å². The van der Waals surface area contributed by atoms with Crippen LogP contribution >= 0.6 is 0 Å². The van der Waals surface area contributed by atoms with E-state index in [0.717, 1.165) is 59.2 Å². The predicted molar refractivity (Wildman–Crippen MR) is 153 cm³/mol. The SMILES string of the molecule is O=C(CN1CCC(c2cccc(-c3cc4ccncc4[nH]3)c2O)CC1)N1CCC(O)(Cc2ccccc2)CC1. The van der Waals surface area contributed by atoms with Crippen LogP contribution < -0.4 is 0 Å². The number of phenolic OH excluding ortho intramolecular Hbond substituents is 1. The minimum Gasteiger partial charge on any atom is -0.507 e. The first-order valence-corrected chi connectivity index (χ1v) is 14.0. The first kappa shape index (κ1) is 25.6. The molecule has 0 radical (unpaired) electrons. The van der Waals surface area contributed by atoms with Gasteiger partial charge in [0, 0.05) is 36.7 Å². The lowest BCUT2D eigenvalue weighted by atomic mass is 9.85. The van der Waals surface area contributed by atoms with Gasteiger partial charge in [0.15, 0.2) is 0 Å². The molecule has 39 heavy (non-hydrogen) atoms. The molecule has 4 aromatic rings. The molecule has 0 bridgehead atoms. The third-order valence-electron chi connectivity index (χ3n) is 8.59. The zero-order chi connectivity index (χ0) is 26.8. The van der Waals surface area contributed by atoms with E-state index >= 15 is 0 Å². The number of aromatic nitrogens is 2. The molecule has 7 heteroatoms. The highest BCUT2D eigenvalue weighted by Crippen LogP contribution is 2.40. The number of aromatic amines is 1. The molecule has 0 atom stereocenters. The Balaban J connectivity index is 1.03. The average Bonchev–Trinajstić information content (AvgIpc) is 3.39. The molecule has 6 rings (SSSR count). The van der Waals surface area contributed by atoms with E-state index in [-0.39, 0.29) is 11.8 Å². The molecule has 2 saturated heterocycles. The third kappa shape index (κ3) is 5.56. The van der Waals surface area contributed by atoms with E-state index in [4.69, 9.17) is 0 Å². The molecule has 0 saturated carbocycles. The van der Waals surface area contributed by atoms with E-state index in [1.54, 1.807) is 12.4 Å². The number of carbonyl (C=O) groups excluding carboxylic acids is 1. The van der Waals surface area contributed by atoms with Crippen molar-refractivity contribution in [2.24, 2.45) is 0 Å². The number of benzene rings is 2. The molecule has 2 fully saturated rings. The molecule has 202 valence electrons. The van der Waals surface area contributed by atoms with Crippen LogP contribution in [0, 0.1) is 0 Å². The standard InChI is InChI=1S/C32H36N4O3/c37-30(36-17-12-32(39,13-18-36)20-23-5-2-1-3-6-23)22-35-15-10-24(11-16-35)26-7-4-8-27(31(26)38)28-19-25-9-14-33-21-29(25)34-28/h1-9,14,19,21,24,34,38-39H,10-13,15-18,20,22H2. The summed E-state index contributed by atoms with van der Waals surface area (Å²) in [5, 5.41) is 23.3. The smallest absolute Gasteiger partial charge is 0.236 e. The molecule has 2 aliphatic rings. The van der Waals surface area contributed by atoms with Gasteiger partial charge in [0.1, 0.15) is 5.75 Å². The Morgan fingerprint density at radius 2 is 1.77 bits per heavy atom. The zero-order valence-corrected chi connectivity index (χ0v) is 22.2. The number of nitrogens with one attached hydrogen (secondary N) is 1. The van der Waals surface area contributed by atoms with E-state index in [9.17, 15) is 15.0 Å². The maximum Gasteiger partial charge on any atom is 0.236 e. The van der Waals surface area contributed by atoms with Gasteiger partial charge >= 0.3 is 0 Å². The van der Waals surface area contributed by atoms with Crippen LogP contribution in [0.1, 0.15) is 42.7 Å². The maximum absolute atomic E-state index is 13.1. The molecular weight excluding hydrogens is 488 g/mol. The number of pyridine rings is 1. The Morgan fingerprint density at radius 3 is 2.51 bits per heavy atom. The lowest BCUT2D eigenvalue weighted by Crippen LogP contribution is -2.50. The van der Waals surface area contributed by atoms with Crippen molar-refractivity contribution in [2.45, 2.75) is 43.6 Å². The second-order valence-electron chi connectivity index (χ2n) is 11.2. The number of aliphatic hydroxyl groups is 1. The number of H-pyrrole nitrogens is 1. The number of carbonyl (C=O) groups is 1. The molecule has 3 N–H and O–H groups in total. The molecule has 4 heterocycles. The van der Waals surface area contributed by atoms with Gasteiger partial charge in [-0.3, -0.25) is 14.7 Å². The number of fused-ring (bicyclic) bond motifs is 1. The number of rotatable bonds is 6. The summed E-state index contributed by atoms with van der Waals surface area (Å²) in [6.07, 6.45) is 7.22. The van der Waals surface area contributed by atoms with Crippen molar-refractivity contribution in [1.82, 2.24) is 19.8 Å². The second-order valence-corrected chi connectivity index (χ2v) is 11.2. The molecule has 2 aliphatic heterocycles. The summed E-state index contributed by atoms with van der Waals surface area (Å²) in [5.41, 5.74) is 4.01. The summed E-state index contributed by atoms with van der Waals surface area (Å²) >= 11 is 0. The van der Waals surface area contributed by atoms with Crippen molar-refractivity contribution in [3.05, 3.63) is 84.2 Å². The number of hydrogen-bond acceptors (Lipinski definition) is 5. The van der Waals surface area contributed by atoms with Crippen LogP contribution in [0.2, 0.25) is 0 Å². The molecule has 0 spiro atoms. The van der Waals surface area contributed by atoms with Crippen molar-refractivity contribution in [3.63, 3.8) is 0 Å². The summed E-state index contributed by atoms with van der Waals surface area (Å²) in [4.78, 5) is 24.8. The van der Waals surface area contributed by atoms with Gasteiger partial charge in [-0.15, -0.1) is 0 Å². The molecule has 2 aromatic carbocycles. The number of aromatic hydroxyl groups is 1. The Labute approximate surface area is 229 Å². The van der Waals surface area contributed by atoms with Crippen LogP contribution in [0.25, 0.3) is 22.2 Å². The van der Waals surface area contributed by atoms with Crippen molar-refractivity contribution in [2.75, 3.05) is 32.7 Å². The van der Waals surface area contributed by atoms with Crippen molar-refractivity contribution in [3.8, 4) is 17.0 Å². The third-order valence-corrected chi connectivity index (χ3v) is 8.59. The monoisotopic (exact) mass is 524 g/mol. The van der Waals surface area contributed by atoms with Crippen molar-refractivity contribution >= 4 is 16.8 Å². The number of phenols is 1. The fourth-order valence-corrected chi connectivity index (χ4v) is 6.24. The van der Waals surface area contributed by atoms with E-state index in [1.807, 2.05) is 53.4 Å². The lowest BCUT2D eigenvalue weighted by Gasteiger charge is -2.39. The number of para-hydroxylation sites is 1. The van der Waals surface area contributed by atoms with E-state index in [0.29, 0.717) is 44.6 Å². The number of hydrogen-bond donors (Lipinski definition) is 3. The Morgan fingerprint density at radius 1 is 1.00 bits per heavy atom. The molecular formula is C32H36N4O3. The summed E-state index contributed by atoms with van der Waals surface area (Å²) in [6.45, 7) is 3.26. The van der Waals surface area contributed by atoms with Gasteiger partial charge < -0.3 is 20.1 Å². The van der Waals surface area contributed by atoms with Gasteiger partial charge in [-0.1, -0.05) is 42.5 Å². The lowest BCUT2D eigenvalue weighted by molar-refractivity contribution is -0.136. The zero-order valence-electron chi connectivity index (χ0n) is 22.2. The molecule has 0 unspecified atom stereocenters. The summed E-state index contributed by atoms with van der Waals surface area (Å²) in [5.74, 6) is 0.738. The summed E-state index contributed by atoms with van der Waals surface area (Å²) < 4.78 is 0. The highest BCUT2D eigenvalue weighted by atomic mass is 16.3. The van der Waals surface area contributed by atoms with Gasteiger partial charge in [0.05, 0.1) is 29.6 Å². The van der Waals surface area contributed by atoms with Crippen LogP contribution in [-0.4, -0.2) is 74.2 Å². The van der Waals surface area contributed by atoms with Gasteiger partial charge in [-0.25, -0.2) is 0 Å². The van der Waals surface area contributed by atoms with Gasteiger partial charge in [0.25, 0.3) is 0 Å². The molecule has 1 amide bonds. The normalized spacial score (nSPS) is 18.4. The van der Waals surface area contributed by atoms with Gasteiger partial charge in [-0.05, 0) is 74.0 Å². The van der Waals surface area contributed by atoms with E-state index < -0.39 is 5.60 Å². The van der Waals surface area contributed by atoms with Crippen LogP contribution in [0.4, 0.5) is 0 Å². The first-order chi connectivity index (χ1) is 19.0. The van der Waals surface area contributed by atoms with Crippen molar-refractivity contribution in [1.29, 1.82) is 0 Å². The van der Waals surface area contributed by atoms with E-state index in [1.165, 1.54) is 0 Å². The number of likely N-dealkylation sites (tertiary alicyclic amines) is 2. The van der Waals surface area contributed by atoms with Gasteiger partial charge in [-0.2, -0.15) is 0 Å². The Kier molecular flexibility index (Phi) is 7.11. The average molecular weight is 525 g/mol. The van der Waals surface area contributed by atoms with Gasteiger partial charge in [0.2, 0.25) is 5.91 Å². The first-order valence-electron chi connectivity index (χ1n) is 14.0. The fourth-order valence-electron chi connectivity index (χ4n) is 6.24. The molecule has 2 aromatic heterocycles. The Bertz CT molecular complexity index is 1400. The fraction of sp³-hybridized carbons (Fsp3) is 0.375. The minimum atomic E-state index is -0.739. The number of piperidine rings is 2.